The van der Waals surface area contributed by atoms with Crippen LogP contribution in [-0.2, 0) is 9.47 Å². The summed E-state index contributed by atoms with van der Waals surface area (Å²) in [5.41, 5.74) is -1.67. The minimum Gasteiger partial charge on any atom is -0.459 e. The van der Waals surface area contributed by atoms with Crippen LogP contribution in [0.1, 0.15) is 24.2 Å². The molecule has 6 heteroatoms. The summed E-state index contributed by atoms with van der Waals surface area (Å²) >= 11 is 0. The lowest BCUT2D eigenvalue weighted by molar-refractivity contribution is -0.217. The van der Waals surface area contributed by atoms with Crippen LogP contribution in [0.3, 0.4) is 0 Å². The first-order chi connectivity index (χ1) is 10.3. The Morgan fingerprint density at radius 1 is 1.36 bits per heavy atom. The van der Waals surface area contributed by atoms with Gasteiger partial charge in [-0.2, -0.15) is 0 Å². The van der Waals surface area contributed by atoms with Gasteiger partial charge in [-0.05, 0) is 26.0 Å². The SMILES string of the molecule is CC#C[C@@]1(O)[C@@H](COC(=O)c2ccccc2)OC(C)(O)[C@@H]1O. The van der Waals surface area contributed by atoms with E-state index in [1.54, 1.807) is 30.3 Å². The van der Waals surface area contributed by atoms with Crippen molar-refractivity contribution in [1.29, 1.82) is 0 Å². The van der Waals surface area contributed by atoms with Crippen LogP contribution in [0.4, 0.5) is 0 Å². The second-order valence-electron chi connectivity index (χ2n) is 5.23. The van der Waals surface area contributed by atoms with Crippen LogP contribution >= 0.6 is 0 Å². The van der Waals surface area contributed by atoms with Crippen molar-refractivity contribution in [3.05, 3.63) is 35.9 Å². The number of aliphatic hydroxyl groups is 3. The first kappa shape index (κ1) is 16.5. The molecule has 118 valence electrons. The molecule has 1 aromatic carbocycles. The highest BCUT2D eigenvalue weighted by Gasteiger charge is 2.60. The maximum absolute atomic E-state index is 11.9. The van der Waals surface area contributed by atoms with Crippen molar-refractivity contribution in [2.45, 2.75) is 37.4 Å². The van der Waals surface area contributed by atoms with Crippen molar-refractivity contribution in [2.75, 3.05) is 6.61 Å². The Kier molecular flexibility index (Phi) is 4.54. The van der Waals surface area contributed by atoms with Crippen molar-refractivity contribution >= 4 is 5.97 Å². The van der Waals surface area contributed by atoms with E-state index < -0.39 is 29.6 Å². The molecule has 0 bridgehead atoms. The van der Waals surface area contributed by atoms with Crippen molar-refractivity contribution in [2.24, 2.45) is 0 Å². The predicted octanol–water partition coefficient (Wildman–Crippen LogP) is 0.0660. The van der Waals surface area contributed by atoms with Gasteiger partial charge in [0.1, 0.15) is 18.8 Å². The zero-order valence-corrected chi connectivity index (χ0v) is 12.3. The van der Waals surface area contributed by atoms with Crippen molar-refractivity contribution in [1.82, 2.24) is 0 Å². The normalized spacial score (nSPS) is 33.9. The highest BCUT2D eigenvalue weighted by molar-refractivity contribution is 5.89. The number of rotatable bonds is 3. The first-order valence-electron chi connectivity index (χ1n) is 6.78. The Labute approximate surface area is 128 Å². The molecule has 1 aliphatic heterocycles. The van der Waals surface area contributed by atoms with E-state index in [2.05, 4.69) is 11.8 Å². The quantitative estimate of drug-likeness (QED) is 0.540. The molecule has 0 amide bonds. The van der Waals surface area contributed by atoms with Crippen LogP contribution in [-0.4, -0.2) is 51.5 Å². The van der Waals surface area contributed by atoms with E-state index in [4.69, 9.17) is 9.47 Å². The number of aliphatic hydroxyl groups excluding tert-OH is 1. The summed E-state index contributed by atoms with van der Waals surface area (Å²) in [7, 11) is 0. The van der Waals surface area contributed by atoms with Crippen LogP contribution in [0.5, 0.6) is 0 Å². The van der Waals surface area contributed by atoms with E-state index in [0.717, 1.165) is 0 Å². The highest BCUT2D eigenvalue weighted by atomic mass is 16.7. The zero-order valence-electron chi connectivity index (χ0n) is 12.3. The molecule has 22 heavy (non-hydrogen) atoms. The van der Waals surface area contributed by atoms with Gasteiger partial charge in [-0.15, -0.1) is 5.92 Å². The summed E-state index contributed by atoms with van der Waals surface area (Å²) in [6.45, 7) is 2.33. The zero-order chi connectivity index (χ0) is 16.4. The molecule has 1 aromatic rings. The van der Waals surface area contributed by atoms with Gasteiger partial charge in [-0.25, -0.2) is 4.79 Å². The molecule has 1 heterocycles. The van der Waals surface area contributed by atoms with Crippen LogP contribution in [0.2, 0.25) is 0 Å². The summed E-state index contributed by atoms with van der Waals surface area (Å²) in [4.78, 5) is 11.9. The monoisotopic (exact) mass is 306 g/mol. The maximum atomic E-state index is 11.9. The molecule has 3 N–H and O–H groups in total. The lowest BCUT2D eigenvalue weighted by Gasteiger charge is -2.25. The van der Waals surface area contributed by atoms with Gasteiger partial charge in [0, 0.05) is 0 Å². The lowest BCUT2D eigenvalue weighted by Crippen LogP contribution is -2.51. The first-order valence-corrected chi connectivity index (χ1v) is 6.78. The maximum Gasteiger partial charge on any atom is 0.338 e. The summed E-state index contributed by atoms with van der Waals surface area (Å²) in [6.07, 6.45) is -2.81. The van der Waals surface area contributed by atoms with Crippen molar-refractivity contribution in [3.8, 4) is 11.8 Å². The summed E-state index contributed by atoms with van der Waals surface area (Å²) in [5, 5.41) is 30.4. The molecule has 1 unspecified atom stereocenters. The fourth-order valence-electron chi connectivity index (χ4n) is 2.35. The van der Waals surface area contributed by atoms with E-state index in [0.29, 0.717) is 5.56 Å². The smallest absolute Gasteiger partial charge is 0.338 e. The van der Waals surface area contributed by atoms with Crippen LogP contribution < -0.4 is 0 Å². The van der Waals surface area contributed by atoms with Crippen LogP contribution in [0.15, 0.2) is 30.3 Å². The van der Waals surface area contributed by atoms with E-state index >= 15 is 0 Å². The van der Waals surface area contributed by atoms with Gasteiger partial charge in [0.15, 0.2) is 11.4 Å². The summed E-state index contributed by atoms with van der Waals surface area (Å²) in [5.74, 6) is 2.31. The topological polar surface area (TPSA) is 96.2 Å². The number of carbonyl (C=O) groups is 1. The third-order valence-electron chi connectivity index (χ3n) is 3.50. The summed E-state index contributed by atoms with van der Waals surface area (Å²) in [6, 6.07) is 8.31. The molecule has 1 aliphatic rings. The van der Waals surface area contributed by atoms with Gasteiger partial charge in [0.05, 0.1) is 5.56 Å². The molecule has 0 radical (unpaired) electrons. The Hall–Kier alpha value is -1.91. The molecule has 1 saturated heterocycles. The van der Waals surface area contributed by atoms with E-state index in [1.807, 2.05) is 0 Å². The molecule has 2 rings (SSSR count). The van der Waals surface area contributed by atoms with Gasteiger partial charge in [0.25, 0.3) is 0 Å². The Morgan fingerprint density at radius 3 is 2.59 bits per heavy atom. The van der Waals surface area contributed by atoms with Gasteiger partial charge in [0.2, 0.25) is 0 Å². The number of esters is 1. The predicted molar refractivity (Wildman–Crippen MR) is 76.6 cm³/mol. The minimum atomic E-state index is -2.02. The lowest BCUT2D eigenvalue weighted by atomic mass is 9.90. The third kappa shape index (κ3) is 2.98. The molecule has 0 saturated carbocycles. The third-order valence-corrected chi connectivity index (χ3v) is 3.50. The van der Waals surface area contributed by atoms with E-state index in [-0.39, 0.29) is 6.61 Å². The second-order valence-corrected chi connectivity index (χ2v) is 5.23. The number of benzene rings is 1. The number of hydrogen-bond donors (Lipinski definition) is 3. The number of carbonyl (C=O) groups excluding carboxylic acids is 1. The van der Waals surface area contributed by atoms with Crippen LogP contribution in [0.25, 0.3) is 0 Å². The fraction of sp³-hybridized carbons (Fsp3) is 0.438. The molecule has 0 aliphatic carbocycles. The van der Waals surface area contributed by atoms with Gasteiger partial charge in [-0.3, -0.25) is 0 Å². The van der Waals surface area contributed by atoms with E-state index in [1.165, 1.54) is 13.8 Å². The highest BCUT2D eigenvalue weighted by Crippen LogP contribution is 2.36. The molecular weight excluding hydrogens is 288 g/mol. The number of hydrogen-bond acceptors (Lipinski definition) is 6. The molecular formula is C16H18O6. The Balaban J connectivity index is 2.11. The average molecular weight is 306 g/mol. The fourth-order valence-corrected chi connectivity index (χ4v) is 2.35. The molecule has 6 nitrogen and oxygen atoms in total. The van der Waals surface area contributed by atoms with Gasteiger partial charge >= 0.3 is 5.97 Å². The average Bonchev–Trinajstić information content (AvgIpc) is 2.67. The van der Waals surface area contributed by atoms with Gasteiger partial charge < -0.3 is 24.8 Å². The van der Waals surface area contributed by atoms with Gasteiger partial charge in [-0.1, -0.05) is 24.1 Å². The molecule has 4 atom stereocenters. The molecule has 0 aromatic heterocycles. The van der Waals surface area contributed by atoms with Crippen molar-refractivity contribution in [3.63, 3.8) is 0 Å². The second kappa shape index (κ2) is 6.07. The Morgan fingerprint density at radius 2 is 2.00 bits per heavy atom. The minimum absolute atomic E-state index is 0.345. The van der Waals surface area contributed by atoms with E-state index in [9.17, 15) is 20.1 Å². The number of ether oxygens (including phenoxy) is 2. The standard InChI is InChI=1S/C16H18O6/c1-3-9-16(20)12(22-15(2,19)14(16)18)10-21-13(17)11-7-5-4-6-8-11/h4-8,12,14,18-20H,10H2,1-2H3/t12-,14+,15?,16-/m1/s1. The molecule has 1 fully saturated rings. The summed E-state index contributed by atoms with van der Waals surface area (Å²) < 4.78 is 10.3. The van der Waals surface area contributed by atoms with Crippen LogP contribution in [0, 0.1) is 11.8 Å². The molecule has 0 spiro atoms. The Bertz CT molecular complexity index is 600. The largest absolute Gasteiger partial charge is 0.459 e. The van der Waals surface area contributed by atoms with Crippen molar-refractivity contribution < 1.29 is 29.6 Å².